The zero-order chi connectivity index (χ0) is 17.1. The number of aliphatic hydroxyl groups excluding tert-OH is 2. The molecule has 4 atom stereocenters. The van der Waals surface area contributed by atoms with Crippen molar-refractivity contribution >= 4 is 28.8 Å². The molecule has 24 heavy (non-hydrogen) atoms. The van der Waals surface area contributed by atoms with Crippen LogP contribution in [0.5, 0.6) is 0 Å². The Labute approximate surface area is 135 Å². The van der Waals surface area contributed by atoms with Gasteiger partial charge in [-0.05, 0) is 6.92 Å². The second kappa shape index (κ2) is 5.11. The van der Waals surface area contributed by atoms with Crippen LogP contribution in [0, 0.1) is 0 Å². The topological polar surface area (TPSA) is 145 Å². The van der Waals surface area contributed by atoms with Crippen LogP contribution >= 0.6 is 0 Å². The number of aliphatic hydroxyl groups is 3. The summed E-state index contributed by atoms with van der Waals surface area (Å²) in [6.45, 7) is 1.41. The van der Waals surface area contributed by atoms with Gasteiger partial charge in [-0.2, -0.15) is 4.98 Å². The Kier molecular flexibility index (Phi) is 3.25. The molecule has 2 aromatic rings. The molecular weight excluding hydrogens is 318 g/mol. The van der Waals surface area contributed by atoms with Gasteiger partial charge in [-0.3, -0.25) is 9.98 Å². The maximum absolute atomic E-state index is 11.9. The van der Waals surface area contributed by atoms with E-state index in [1.54, 1.807) is 12.4 Å². The van der Waals surface area contributed by atoms with Crippen LogP contribution in [-0.4, -0.2) is 67.0 Å². The molecule has 0 saturated carbocycles. The standard InChI is InChI=1S/C14H17N5O5/c1-14(23)9(21)7(5-20)24-12(14)19-4-6-8-10(16-3-2-15-6)17-13(22)18-11(8)19/h2,4,7,9,12,20-21,23H,3,5H2,1H3,(H2,16,17,18,22)/t7-,9-,12?,14+/m1/s1. The number of hydrogen-bond donors (Lipinski definition) is 5. The molecule has 10 nitrogen and oxygen atoms in total. The smallest absolute Gasteiger partial charge is 0.348 e. The summed E-state index contributed by atoms with van der Waals surface area (Å²) in [4.78, 5) is 22.8. The lowest BCUT2D eigenvalue weighted by Gasteiger charge is -2.27. The maximum atomic E-state index is 11.9. The average Bonchev–Trinajstić information content (AvgIpc) is 2.89. The van der Waals surface area contributed by atoms with Gasteiger partial charge in [-0.15, -0.1) is 0 Å². The van der Waals surface area contributed by atoms with Crippen LogP contribution in [0.3, 0.4) is 0 Å². The van der Waals surface area contributed by atoms with E-state index in [1.165, 1.54) is 11.5 Å². The summed E-state index contributed by atoms with van der Waals surface area (Å²) in [5, 5.41) is 33.8. The molecule has 0 spiro atoms. The molecule has 10 heteroatoms. The lowest BCUT2D eigenvalue weighted by molar-refractivity contribution is -0.0948. The Balaban J connectivity index is 1.95. The van der Waals surface area contributed by atoms with E-state index in [2.05, 4.69) is 20.3 Å². The Morgan fingerprint density at radius 1 is 1.54 bits per heavy atom. The first-order valence-corrected chi connectivity index (χ1v) is 7.51. The molecule has 0 bridgehead atoms. The zero-order valence-electron chi connectivity index (χ0n) is 12.8. The predicted molar refractivity (Wildman–Crippen MR) is 84.6 cm³/mol. The minimum absolute atomic E-state index is 0.270. The molecule has 2 aliphatic rings. The van der Waals surface area contributed by atoms with Gasteiger partial charge >= 0.3 is 5.69 Å². The van der Waals surface area contributed by atoms with Crippen molar-refractivity contribution in [3.63, 3.8) is 0 Å². The van der Waals surface area contributed by atoms with Crippen LogP contribution in [0.4, 0.5) is 11.5 Å². The number of aromatic nitrogens is 3. The number of H-pyrrole nitrogens is 1. The fourth-order valence-corrected chi connectivity index (χ4v) is 3.24. The summed E-state index contributed by atoms with van der Waals surface area (Å²) in [5.74, 6) is 0.480. The van der Waals surface area contributed by atoms with Crippen LogP contribution in [0.2, 0.25) is 0 Å². The fourth-order valence-electron chi connectivity index (χ4n) is 3.24. The molecule has 1 saturated heterocycles. The second-order valence-electron chi connectivity index (χ2n) is 6.11. The summed E-state index contributed by atoms with van der Waals surface area (Å²) in [6, 6.07) is 0. The lowest BCUT2D eigenvalue weighted by atomic mass is 9.96. The number of aromatic amines is 1. The molecular formula is C14H17N5O5. The Morgan fingerprint density at radius 3 is 3.04 bits per heavy atom. The molecule has 128 valence electrons. The highest BCUT2D eigenvalue weighted by Gasteiger charge is 2.53. The van der Waals surface area contributed by atoms with Gasteiger partial charge < -0.3 is 29.9 Å². The highest BCUT2D eigenvalue weighted by Crippen LogP contribution is 2.42. The van der Waals surface area contributed by atoms with Crippen molar-refractivity contribution in [2.75, 3.05) is 18.5 Å². The van der Waals surface area contributed by atoms with Gasteiger partial charge in [0.25, 0.3) is 0 Å². The Morgan fingerprint density at radius 2 is 2.33 bits per heavy atom. The van der Waals surface area contributed by atoms with Crippen molar-refractivity contribution in [1.82, 2.24) is 14.5 Å². The van der Waals surface area contributed by atoms with Crippen LogP contribution < -0.4 is 11.0 Å². The third-order valence-corrected chi connectivity index (χ3v) is 4.46. The number of aliphatic imine (C=N–C) groups is 1. The minimum Gasteiger partial charge on any atom is -0.394 e. The number of ether oxygens (including phenoxy) is 1. The molecule has 0 amide bonds. The SMILES string of the molecule is C[C@@]1(O)C(n2cc3c4c([nH]c(=O)nc42)NCC=N3)O[C@H](CO)[C@H]1O. The van der Waals surface area contributed by atoms with Crippen molar-refractivity contribution in [2.45, 2.75) is 31.0 Å². The van der Waals surface area contributed by atoms with Crippen LogP contribution in [0.15, 0.2) is 16.0 Å². The van der Waals surface area contributed by atoms with Crippen molar-refractivity contribution in [3.8, 4) is 0 Å². The monoisotopic (exact) mass is 335 g/mol. The molecule has 0 aromatic carbocycles. The van der Waals surface area contributed by atoms with E-state index >= 15 is 0 Å². The molecule has 2 aliphatic heterocycles. The molecule has 4 heterocycles. The van der Waals surface area contributed by atoms with Crippen molar-refractivity contribution in [3.05, 3.63) is 16.7 Å². The number of rotatable bonds is 2. The van der Waals surface area contributed by atoms with E-state index in [9.17, 15) is 20.1 Å². The largest absolute Gasteiger partial charge is 0.394 e. The Hall–Kier alpha value is -2.27. The van der Waals surface area contributed by atoms with Gasteiger partial charge in [0.05, 0.1) is 24.2 Å². The molecule has 2 aromatic heterocycles. The van der Waals surface area contributed by atoms with Crippen LogP contribution in [0.25, 0.3) is 11.0 Å². The van der Waals surface area contributed by atoms with Gasteiger partial charge in [0, 0.05) is 12.4 Å². The second-order valence-corrected chi connectivity index (χ2v) is 6.11. The number of anilines is 1. The van der Waals surface area contributed by atoms with E-state index < -0.39 is 36.3 Å². The zero-order valence-corrected chi connectivity index (χ0v) is 12.8. The van der Waals surface area contributed by atoms with Crippen molar-refractivity contribution < 1.29 is 20.1 Å². The summed E-state index contributed by atoms with van der Waals surface area (Å²) >= 11 is 0. The van der Waals surface area contributed by atoms with Crippen LogP contribution in [0.1, 0.15) is 13.2 Å². The van der Waals surface area contributed by atoms with Gasteiger partial charge in [0.2, 0.25) is 0 Å². The molecule has 4 rings (SSSR count). The molecule has 5 N–H and O–H groups in total. The summed E-state index contributed by atoms with van der Waals surface area (Å²) < 4.78 is 7.07. The summed E-state index contributed by atoms with van der Waals surface area (Å²) in [5.41, 5.74) is -1.42. The highest BCUT2D eigenvalue weighted by molar-refractivity contribution is 6.00. The normalized spacial score (nSPS) is 32.1. The van der Waals surface area contributed by atoms with E-state index in [0.717, 1.165) is 0 Å². The first-order valence-electron chi connectivity index (χ1n) is 7.51. The third-order valence-electron chi connectivity index (χ3n) is 4.46. The highest BCUT2D eigenvalue weighted by atomic mass is 16.6. The number of nitrogens with zero attached hydrogens (tertiary/aromatic N) is 3. The molecule has 1 fully saturated rings. The van der Waals surface area contributed by atoms with E-state index in [0.29, 0.717) is 23.4 Å². The molecule has 0 aliphatic carbocycles. The summed E-state index contributed by atoms with van der Waals surface area (Å²) in [6.07, 6.45) is -0.0102. The van der Waals surface area contributed by atoms with Gasteiger partial charge in [-0.1, -0.05) is 0 Å². The number of nitrogens with one attached hydrogen (secondary N) is 2. The average molecular weight is 335 g/mol. The van der Waals surface area contributed by atoms with E-state index in [-0.39, 0.29) is 5.65 Å². The quantitative estimate of drug-likeness (QED) is 0.466. The van der Waals surface area contributed by atoms with E-state index in [1.807, 2.05) is 0 Å². The summed E-state index contributed by atoms with van der Waals surface area (Å²) in [7, 11) is 0. The van der Waals surface area contributed by atoms with Crippen LogP contribution in [-0.2, 0) is 4.74 Å². The van der Waals surface area contributed by atoms with Gasteiger partial charge in [-0.25, -0.2) is 4.79 Å². The van der Waals surface area contributed by atoms with Gasteiger partial charge in [0.1, 0.15) is 23.6 Å². The van der Waals surface area contributed by atoms with E-state index in [4.69, 9.17) is 4.74 Å². The molecule has 0 radical (unpaired) electrons. The third kappa shape index (κ3) is 2.01. The maximum Gasteiger partial charge on any atom is 0.348 e. The minimum atomic E-state index is -1.68. The fraction of sp³-hybridized carbons (Fsp3) is 0.500. The Bertz CT molecular complexity index is 886. The first kappa shape index (κ1) is 15.3. The van der Waals surface area contributed by atoms with Gasteiger partial charge in [0.15, 0.2) is 11.9 Å². The molecule has 1 unspecified atom stereocenters. The lowest BCUT2D eigenvalue weighted by Crippen LogP contribution is -2.44. The predicted octanol–water partition coefficient (Wildman–Crippen LogP) is -1.15. The van der Waals surface area contributed by atoms with Crippen molar-refractivity contribution in [2.24, 2.45) is 4.99 Å². The number of hydrogen-bond acceptors (Lipinski definition) is 8. The van der Waals surface area contributed by atoms with Crippen molar-refractivity contribution in [1.29, 1.82) is 0 Å². The first-order chi connectivity index (χ1) is 11.4.